The number of unbranched alkanes of at least 4 members (excludes halogenated alkanes) is 1. The van der Waals surface area contributed by atoms with Crippen molar-refractivity contribution >= 4 is 29.5 Å². The Morgan fingerprint density at radius 1 is 1.16 bits per heavy atom. The number of rotatable bonds is 8. The van der Waals surface area contributed by atoms with Crippen LogP contribution in [0, 0.1) is 11.8 Å². The van der Waals surface area contributed by atoms with E-state index in [1.807, 2.05) is 54.7 Å². The molecule has 31 heavy (non-hydrogen) atoms. The van der Waals surface area contributed by atoms with Crippen molar-refractivity contribution in [1.82, 2.24) is 10.2 Å². The molecule has 1 aliphatic rings. The van der Waals surface area contributed by atoms with E-state index in [0.29, 0.717) is 18.7 Å². The number of aryl methyl sites for hydroxylation is 1. The summed E-state index contributed by atoms with van der Waals surface area (Å²) in [5.74, 6) is 7.14. The van der Waals surface area contributed by atoms with E-state index in [4.69, 9.17) is 9.47 Å². The summed E-state index contributed by atoms with van der Waals surface area (Å²) < 4.78 is 10.8. The maximum atomic E-state index is 11.4. The Labute approximate surface area is 193 Å². The molecule has 0 unspecified atom stereocenters. The summed E-state index contributed by atoms with van der Waals surface area (Å²) in [6.07, 6.45) is 8.18. The third kappa shape index (κ3) is 6.18. The summed E-state index contributed by atoms with van der Waals surface area (Å²) in [5.41, 5.74) is 3.70. The first-order chi connectivity index (χ1) is 15.1. The van der Waals surface area contributed by atoms with Crippen LogP contribution in [0.1, 0.15) is 55.1 Å². The maximum Gasteiger partial charge on any atom is 0.305 e. The molecule has 0 saturated heterocycles. The first kappa shape index (κ1) is 23.5. The van der Waals surface area contributed by atoms with Crippen molar-refractivity contribution in [1.29, 1.82) is 0 Å². The fraction of sp³-hybridized carbons (Fsp3) is 0.458. The summed E-state index contributed by atoms with van der Waals surface area (Å²) in [4.78, 5) is 11.4. The molecular formula is C24H28N2O3S2. The molecule has 0 saturated carbocycles. The SMILES string of the molecule is CCOC(=O)CCCCc1ccc(C#Cc2ccc3c(c2)C(SC)(SC)CCO3)nn1. The fourth-order valence-corrected chi connectivity index (χ4v) is 5.47. The van der Waals surface area contributed by atoms with E-state index in [1.165, 1.54) is 5.56 Å². The van der Waals surface area contributed by atoms with Gasteiger partial charge in [-0.3, -0.25) is 4.79 Å². The minimum atomic E-state index is -0.139. The molecule has 5 nitrogen and oxygen atoms in total. The second kappa shape index (κ2) is 11.4. The first-order valence-electron chi connectivity index (χ1n) is 10.5. The molecule has 0 N–H and O–H groups in total. The van der Waals surface area contributed by atoms with Gasteiger partial charge >= 0.3 is 5.97 Å². The summed E-state index contributed by atoms with van der Waals surface area (Å²) in [7, 11) is 0. The number of nitrogens with zero attached hydrogens (tertiary/aromatic N) is 2. The van der Waals surface area contributed by atoms with E-state index in [9.17, 15) is 4.79 Å². The third-order valence-electron chi connectivity index (χ3n) is 5.16. The summed E-state index contributed by atoms with van der Waals surface area (Å²) >= 11 is 3.72. The number of carbonyl (C=O) groups is 1. The largest absolute Gasteiger partial charge is 0.493 e. The Hall–Kier alpha value is -2.17. The first-order valence-corrected chi connectivity index (χ1v) is 12.9. The number of esters is 1. The molecule has 0 aliphatic carbocycles. The fourth-order valence-electron chi connectivity index (χ4n) is 3.47. The molecule has 1 aromatic carbocycles. The highest BCUT2D eigenvalue weighted by Gasteiger charge is 2.36. The van der Waals surface area contributed by atoms with Gasteiger partial charge in [0.05, 0.1) is 23.0 Å². The van der Waals surface area contributed by atoms with E-state index in [1.54, 1.807) is 0 Å². The lowest BCUT2D eigenvalue weighted by molar-refractivity contribution is -0.143. The van der Waals surface area contributed by atoms with Crippen molar-refractivity contribution < 1.29 is 14.3 Å². The lowest BCUT2D eigenvalue weighted by Gasteiger charge is -2.36. The van der Waals surface area contributed by atoms with Crippen LogP contribution in [0.25, 0.3) is 0 Å². The molecule has 0 bridgehead atoms. The molecule has 2 aromatic rings. The highest BCUT2D eigenvalue weighted by atomic mass is 32.2. The number of aromatic nitrogens is 2. The Morgan fingerprint density at radius 3 is 2.71 bits per heavy atom. The molecule has 3 rings (SSSR count). The van der Waals surface area contributed by atoms with Crippen LogP contribution in [0.15, 0.2) is 30.3 Å². The lowest BCUT2D eigenvalue weighted by Crippen LogP contribution is -2.26. The van der Waals surface area contributed by atoms with Gasteiger partial charge in [0.15, 0.2) is 0 Å². The van der Waals surface area contributed by atoms with Gasteiger partial charge in [-0.2, -0.15) is 5.10 Å². The van der Waals surface area contributed by atoms with Crippen LogP contribution in [0.4, 0.5) is 0 Å². The number of thioether (sulfide) groups is 2. The number of hydrogen-bond acceptors (Lipinski definition) is 7. The summed E-state index contributed by atoms with van der Waals surface area (Å²) in [5, 5.41) is 8.51. The second-order valence-corrected chi connectivity index (χ2v) is 9.61. The molecule has 2 heterocycles. The number of hydrogen-bond donors (Lipinski definition) is 0. The van der Waals surface area contributed by atoms with E-state index < -0.39 is 0 Å². The van der Waals surface area contributed by atoms with Gasteiger partial charge in [-0.15, -0.1) is 28.6 Å². The van der Waals surface area contributed by atoms with Crippen molar-refractivity contribution in [2.45, 2.75) is 43.1 Å². The van der Waals surface area contributed by atoms with Gasteiger partial charge in [0.2, 0.25) is 0 Å². The van der Waals surface area contributed by atoms with Crippen LogP contribution in [0.5, 0.6) is 5.75 Å². The van der Waals surface area contributed by atoms with Crippen LogP contribution in [-0.2, 0) is 20.0 Å². The molecular weight excluding hydrogens is 428 g/mol. The zero-order chi connectivity index (χ0) is 22.1. The van der Waals surface area contributed by atoms with Gasteiger partial charge < -0.3 is 9.47 Å². The number of carbonyl (C=O) groups excluding carboxylic acids is 1. The zero-order valence-electron chi connectivity index (χ0n) is 18.3. The zero-order valence-corrected chi connectivity index (χ0v) is 19.9. The highest BCUT2D eigenvalue weighted by Crippen LogP contribution is 2.52. The molecule has 164 valence electrons. The summed E-state index contributed by atoms with van der Waals surface area (Å²) in [6, 6.07) is 10.0. The van der Waals surface area contributed by atoms with E-state index in [0.717, 1.165) is 49.3 Å². The predicted molar refractivity (Wildman–Crippen MR) is 127 cm³/mol. The Kier molecular flexibility index (Phi) is 8.68. The second-order valence-electron chi connectivity index (χ2n) is 7.14. The van der Waals surface area contributed by atoms with E-state index in [2.05, 4.69) is 40.6 Å². The maximum absolute atomic E-state index is 11.4. The number of fused-ring (bicyclic) bond motifs is 1. The Morgan fingerprint density at radius 2 is 2.00 bits per heavy atom. The number of ether oxygens (including phenoxy) is 2. The molecule has 7 heteroatoms. The van der Waals surface area contributed by atoms with Crippen LogP contribution in [-0.4, -0.2) is 41.9 Å². The molecule has 0 fully saturated rings. The predicted octanol–water partition coefficient (Wildman–Crippen LogP) is 4.81. The topological polar surface area (TPSA) is 61.3 Å². The van der Waals surface area contributed by atoms with Crippen LogP contribution in [0.2, 0.25) is 0 Å². The van der Waals surface area contributed by atoms with Crippen LogP contribution >= 0.6 is 23.5 Å². The summed E-state index contributed by atoms with van der Waals surface area (Å²) in [6.45, 7) is 2.99. The molecule has 0 amide bonds. The highest BCUT2D eigenvalue weighted by molar-refractivity contribution is 8.16. The van der Waals surface area contributed by atoms with Gasteiger partial charge in [0.25, 0.3) is 0 Å². The molecule has 0 spiro atoms. The van der Waals surface area contributed by atoms with Crippen molar-refractivity contribution in [2.75, 3.05) is 25.7 Å². The third-order valence-corrected chi connectivity index (χ3v) is 8.33. The minimum absolute atomic E-state index is 0.0139. The normalized spacial score (nSPS) is 14.0. The van der Waals surface area contributed by atoms with Gasteiger partial charge in [-0.1, -0.05) is 5.92 Å². The van der Waals surface area contributed by atoms with Crippen molar-refractivity contribution in [3.8, 4) is 17.6 Å². The standard InChI is InChI=1S/C24H28N2O3S2/c1-4-28-23(27)8-6-5-7-19-12-13-20(26-25-19)11-9-18-10-14-22-21(17-18)24(30-2,31-3)15-16-29-22/h10,12-14,17H,4-8,15-16H2,1-3H3. The van der Waals surface area contributed by atoms with Gasteiger partial charge in [-0.05, 0) is 75.0 Å². The molecule has 1 aliphatic heterocycles. The van der Waals surface area contributed by atoms with Crippen molar-refractivity contribution in [3.05, 3.63) is 52.8 Å². The molecule has 1 aromatic heterocycles. The van der Waals surface area contributed by atoms with E-state index >= 15 is 0 Å². The Bertz CT molecular complexity index is 948. The minimum Gasteiger partial charge on any atom is -0.493 e. The van der Waals surface area contributed by atoms with Gasteiger partial charge in [0, 0.05) is 24.0 Å². The lowest BCUT2D eigenvalue weighted by atomic mass is 10.0. The Balaban J connectivity index is 1.62. The average Bonchev–Trinajstić information content (AvgIpc) is 2.81. The van der Waals surface area contributed by atoms with Gasteiger partial charge in [-0.25, -0.2) is 0 Å². The monoisotopic (exact) mass is 456 g/mol. The molecule has 0 atom stereocenters. The van der Waals surface area contributed by atoms with Crippen molar-refractivity contribution in [3.63, 3.8) is 0 Å². The van der Waals surface area contributed by atoms with E-state index in [-0.39, 0.29) is 10.0 Å². The quantitative estimate of drug-likeness (QED) is 0.244. The molecule has 0 radical (unpaired) electrons. The average molecular weight is 457 g/mol. The van der Waals surface area contributed by atoms with Crippen LogP contribution in [0.3, 0.4) is 0 Å². The number of benzene rings is 1. The van der Waals surface area contributed by atoms with Crippen LogP contribution < -0.4 is 4.74 Å². The van der Waals surface area contributed by atoms with Crippen molar-refractivity contribution in [2.24, 2.45) is 0 Å². The smallest absolute Gasteiger partial charge is 0.305 e. The van der Waals surface area contributed by atoms with Gasteiger partial charge in [0.1, 0.15) is 11.4 Å².